The topological polar surface area (TPSA) is 27.1 Å². The molecule has 0 bridgehead atoms. The quantitative estimate of drug-likeness (QED) is 0.759. The highest BCUT2D eigenvalue weighted by Gasteiger charge is 2.40. The van der Waals surface area contributed by atoms with Gasteiger partial charge in [-0.15, -0.1) is 11.6 Å². The van der Waals surface area contributed by atoms with Crippen molar-refractivity contribution in [3.8, 4) is 0 Å². The number of halogens is 1. The van der Waals surface area contributed by atoms with Gasteiger partial charge < -0.3 is 4.74 Å². The lowest BCUT2D eigenvalue weighted by molar-refractivity contribution is 0.0697. The molecule has 1 aromatic heterocycles. The molecule has 2 atom stereocenters. The first-order valence-corrected chi connectivity index (χ1v) is 6.35. The van der Waals surface area contributed by atoms with Crippen LogP contribution in [-0.2, 0) is 18.2 Å². The highest BCUT2D eigenvalue weighted by atomic mass is 35.5. The summed E-state index contributed by atoms with van der Waals surface area (Å²) in [6.45, 7) is 2.99. The van der Waals surface area contributed by atoms with Crippen LogP contribution in [0.4, 0.5) is 0 Å². The maximum Gasteiger partial charge on any atom is 0.0615 e. The van der Waals surface area contributed by atoms with Crippen molar-refractivity contribution in [3.05, 3.63) is 18.0 Å². The SMILES string of the molecule is CC1OCCC1(CCl)CCc1cnn(C)c1. The standard InChI is InChI=1S/C12H19ClN2O/c1-10-12(9-13,5-6-16-10)4-3-11-7-14-15(2)8-11/h7-8,10H,3-6,9H2,1-2H3. The second kappa shape index (κ2) is 4.76. The van der Waals surface area contributed by atoms with Gasteiger partial charge in [-0.05, 0) is 31.7 Å². The van der Waals surface area contributed by atoms with E-state index in [1.807, 2.05) is 17.9 Å². The van der Waals surface area contributed by atoms with Crippen molar-refractivity contribution in [2.45, 2.75) is 32.3 Å². The Hall–Kier alpha value is -0.540. The average molecular weight is 243 g/mol. The van der Waals surface area contributed by atoms with E-state index in [2.05, 4.69) is 18.2 Å². The van der Waals surface area contributed by atoms with Crippen LogP contribution < -0.4 is 0 Å². The monoisotopic (exact) mass is 242 g/mol. The molecule has 1 saturated heterocycles. The molecule has 1 aromatic rings. The zero-order chi connectivity index (χ0) is 11.6. The predicted molar refractivity (Wildman–Crippen MR) is 64.7 cm³/mol. The molecule has 0 aliphatic carbocycles. The van der Waals surface area contributed by atoms with Crippen LogP contribution in [0.25, 0.3) is 0 Å². The van der Waals surface area contributed by atoms with Gasteiger partial charge in [0, 0.05) is 31.1 Å². The van der Waals surface area contributed by atoms with Gasteiger partial charge in [-0.2, -0.15) is 5.10 Å². The van der Waals surface area contributed by atoms with E-state index in [0.29, 0.717) is 5.88 Å². The summed E-state index contributed by atoms with van der Waals surface area (Å²) in [4.78, 5) is 0. The molecule has 2 unspecified atom stereocenters. The Morgan fingerprint density at radius 3 is 3.00 bits per heavy atom. The predicted octanol–water partition coefficient (Wildman–Crippen LogP) is 2.39. The highest BCUT2D eigenvalue weighted by molar-refractivity contribution is 6.18. The first kappa shape index (κ1) is 11.9. The molecule has 1 fully saturated rings. The molecular formula is C12H19ClN2O. The highest BCUT2D eigenvalue weighted by Crippen LogP contribution is 2.40. The fraction of sp³-hybridized carbons (Fsp3) is 0.750. The summed E-state index contributed by atoms with van der Waals surface area (Å²) in [7, 11) is 1.95. The van der Waals surface area contributed by atoms with Crippen molar-refractivity contribution in [1.29, 1.82) is 0 Å². The number of rotatable bonds is 4. The zero-order valence-corrected chi connectivity index (χ0v) is 10.7. The van der Waals surface area contributed by atoms with Crippen molar-refractivity contribution in [2.75, 3.05) is 12.5 Å². The molecule has 0 aromatic carbocycles. The third-order valence-corrected chi connectivity index (χ3v) is 4.30. The first-order chi connectivity index (χ1) is 7.66. The van der Waals surface area contributed by atoms with Gasteiger partial charge in [-0.3, -0.25) is 4.68 Å². The molecule has 1 aliphatic rings. The molecule has 2 rings (SSSR count). The van der Waals surface area contributed by atoms with Crippen molar-refractivity contribution in [1.82, 2.24) is 9.78 Å². The Morgan fingerprint density at radius 1 is 1.69 bits per heavy atom. The van der Waals surface area contributed by atoms with Crippen LogP contribution in [0.1, 0.15) is 25.3 Å². The Kier molecular flexibility index (Phi) is 3.55. The third kappa shape index (κ3) is 2.25. The van der Waals surface area contributed by atoms with Crippen LogP contribution in [0.5, 0.6) is 0 Å². The fourth-order valence-corrected chi connectivity index (χ4v) is 2.87. The second-order valence-corrected chi connectivity index (χ2v) is 5.05. The van der Waals surface area contributed by atoms with Gasteiger partial charge >= 0.3 is 0 Å². The molecule has 0 radical (unpaired) electrons. The lowest BCUT2D eigenvalue weighted by Gasteiger charge is -2.29. The van der Waals surface area contributed by atoms with Crippen molar-refractivity contribution in [2.24, 2.45) is 12.5 Å². The summed E-state index contributed by atoms with van der Waals surface area (Å²) in [6, 6.07) is 0. The van der Waals surface area contributed by atoms with Crippen LogP contribution in [-0.4, -0.2) is 28.4 Å². The molecule has 0 spiro atoms. The second-order valence-electron chi connectivity index (χ2n) is 4.78. The summed E-state index contributed by atoms with van der Waals surface area (Å²) in [5.74, 6) is 0.689. The molecule has 90 valence electrons. The van der Waals surface area contributed by atoms with E-state index in [9.17, 15) is 0 Å². The summed E-state index contributed by atoms with van der Waals surface area (Å²) < 4.78 is 7.49. The number of ether oxygens (including phenoxy) is 1. The largest absolute Gasteiger partial charge is 0.378 e. The number of hydrogen-bond acceptors (Lipinski definition) is 2. The van der Waals surface area contributed by atoms with Gasteiger partial charge in [0.1, 0.15) is 0 Å². The van der Waals surface area contributed by atoms with Crippen molar-refractivity contribution < 1.29 is 4.74 Å². The van der Waals surface area contributed by atoms with Crippen LogP contribution in [0.3, 0.4) is 0 Å². The minimum atomic E-state index is 0.164. The lowest BCUT2D eigenvalue weighted by atomic mass is 9.79. The van der Waals surface area contributed by atoms with E-state index >= 15 is 0 Å². The van der Waals surface area contributed by atoms with Crippen LogP contribution >= 0.6 is 11.6 Å². The van der Waals surface area contributed by atoms with Crippen LogP contribution in [0.15, 0.2) is 12.4 Å². The number of aryl methyl sites for hydroxylation is 2. The number of nitrogens with zero attached hydrogens (tertiary/aromatic N) is 2. The van der Waals surface area contributed by atoms with Gasteiger partial charge in [0.15, 0.2) is 0 Å². The summed E-state index contributed by atoms with van der Waals surface area (Å²) in [5, 5.41) is 4.18. The summed E-state index contributed by atoms with van der Waals surface area (Å²) >= 11 is 6.13. The molecule has 4 heteroatoms. The maximum atomic E-state index is 6.13. The molecule has 0 N–H and O–H groups in total. The summed E-state index contributed by atoms with van der Waals surface area (Å²) in [5.41, 5.74) is 1.45. The van der Waals surface area contributed by atoms with Gasteiger partial charge in [0.05, 0.1) is 12.3 Å². The minimum absolute atomic E-state index is 0.164. The number of alkyl halides is 1. The molecule has 3 nitrogen and oxygen atoms in total. The Morgan fingerprint density at radius 2 is 2.50 bits per heavy atom. The van der Waals surface area contributed by atoms with E-state index in [1.165, 1.54) is 5.56 Å². The molecule has 1 aliphatic heterocycles. The van der Waals surface area contributed by atoms with Crippen molar-refractivity contribution >= 4 is 11.6 Å². The molecule has 16 heavy (non-hydrogen) atoms. The Balaban J connectivity index is 1.97. The van der Waals surface area contributed by atoms with Gasteiger partial charge in [-0.1, -0.05) is 0 Å². The molecule has 0 amide bonds. The van der Waals surface area contributed by atoms with E-state index in [4.69, 9.17) is 16.3 Å². The smallest absolute Gasteiger partial charge is 0.0615 e. The maximum absolute atomic E-state index is 6.13. The Bertz CT molecular complexity index is 353. The minimum Gasteiger partial charge on any atom is -0.378 e. The van der Waals surface area contributed by atoms with Crippen LogP contribution in [0, 0.1) is 5.41 Å². The van der Waals surface area contributed by atoms with E-state index in [0.717, 1.165) is 25.9 Å². The zero-order valence-electron chi connectivity index (χ0n) is 9.95. The normalized spacial score (nSPS) is 29.8. The molecular weight excluding hydrogens is 224 g/mol. The van der Waals surface area contributed by atoms with E-state index in [1.54, 1.807) is 0 Å². The molecule has 0 saturated carbocycles. The fourth-order valence-electron chi connectivity index (χ4n) is 2.38. The van der Waals surface area contributed by atoms with Gasteiger partial charge in [0.2, 0.25) is 0 Å². The number of hydrogen-bond donors (Lipinski definition) is 0. The van der Waals surface area contributed by atoms with Crippen molar-refractivity contribution in [3.63, 3.8) is 0 Å². The summed E-state index contributed by atoms with van der Waals surface area (Å²) in [6.07, 6.45) is 7.49. The molecule has 2 heterocycles. The van der Waals surface area contributed by atoms with E-state index < -0.39 is 0 Å². The Labute approximate surface area is 102 Å². The third-order valence-electron chi connectivity index (χ3n) is 3.77. The lowest BCUT2D eigenvalue weighted by Crippen LogP contribution is -2.31. The van der Waals surface area contributed by atoms with E-state index in [-0.39, 0.29) is 11.5 Å². The van der Waals surface area contributed by atoms with Crippen LogP contribution in [0.2, 0.25) is 0 Å². The number of aromatic nitrogens is 2. The van der Waals surface area contributed by atoms with Gasteiger partial charge in [-0.25, -0.2) is 0 Å². The van der Waals surface area contributed by atoms with Gasteiger partial charge in [0.25, 0.3) is 0 Å². The first-order valence-electron chi connectivity index (χ1n) is 5.81. The average Bonchev–Trinajstić information content (AvgIpc) is 2.83.